The third-order valence-corrected chi connectivity index (χ3v) is 4.34. The summed E-state index contributed by atoms with van der Waals surface area (Å²) in [5.74, 6) is -0.512. The molecule has 1 aliphatic heterocycles. The molecule has 0 saturated heterocycles. The van der Waals surface area contributed by atoms with E-state index in [1.165, 1.54) is 7.11 Å². The largest absolute Gasteiger partial charge is 0.497 e. The quantitative estimate of drug-likeness (QED) is 0.848. The van der Waals surface area contributed by atoms with Crippen LogP contribution in [-0.2, 0) is 9.59 Å². The molecule has 3 rings (SSSR count). The summed E-state index contributed by atoms with van der Waals surface area (Å²) < 4.78 is 5.15. The Hall–Kier alpha value is -2.79. The molecule has 1 N–H and O–H groups in total. The molecule has 0 atom stereocenters. The van der Waals surface area contributed by atoms with Crippen LogP contribution in [0.1, 0.15) is 11.1 Å². The molecule has 25 heavy (non-hydrogen) atoms. The summed E-state index contributed by atoms with van der Waals surface area (Å²) in [5, 5.41) is 2.88. The van der Waals surface area contributed by atoms with E-state index >= 15 is 0 Å². The number of methoxy groups -OCH3 is 1. The number of benzene rings is 2. The highest BCUT2D eigenvalue weighted by Gasteiger charge is 2.39. The number of hydrogen-bond acceptors (Lipinski definition) is 4. The second-order valence-electron chi connectivity index (χ2n) is 5.78. The lowest BCUT2D eigenvalue weighted by atomic mass is 10.1. The van der Waals surface area contributed by atoms with Crippen LogP contribution in [0.25, 0.3) is 0 Å². The molecule has 0 spiro atoms. The van der Waals surface area contributed by atoms with Crippen molar-refractivity contribution in [2.45, 2.75) is 13.8 Å². The summed E-state index contributed by atoms with van der Waals surface area (Å²) in [4.78, 5) is 26.3. The van der Waals surface area contributed by atoms with Crippen molar-refractivity contribution in [2.24, 2.45) is 0 Å². The fourth-order valence-electron chi connectivity index (χ4n) is 2.60. The number of anilines is 2. The van der Waals surface area contributed by atoms with Gasteiger partial charge < -0.3 is 10.1 Å². The average molecular weight is 357 g/mol. The van der Waals surface area contributed by atoms with Crippen molar-refractivity contribution in [3.63, 3.8) is 0 Å². The van der Waals surface area contributed by atoms with E-state index in [-0.39, 0.29) is 10.7 Å². The number of rotatable bonds is 4. The molecule has 2 aromatic carbocycles. The number of hydrogen-bond donors (Lipinski definition) is 1. The Morgan fingerprint density at radius 2 is 1.80 bits per heavy atom. The first-order chi connectivity index (χ1) is 11.9. The Morgan fingerprint density at radius 3 is 2.52 bits per heavy atom. The number of ether oxygens (including phenoxy) is 1. The highest BCUT2D eigenvalue weighted by Crippen LogP contribution is 2.32. The minimum atomic E-state index is -0.562. The van der Waals surface area contributed by atoms with Crippen LogP contribution in [0, 0.1) is 13.8 Å². The third kappa shape index (κ3) is 3.10. The molecule has 0 radical (unpaired) electrons. The number of nitrogens with zero attached hydrogens (tertiary/aromatic N) is 1. The molecule has 2 amide bonds. The first-order valence-electron chi connectivity index (χ1n) is 7.69. The van der Waals surface area contributed by atoms with Crippen LogP contribution in [0.3, 0.4) is 0 Å². The Morgan fingerprint density at radius 1 is 1.04 bits per heavy atom. The van der Waals surface area contributed by atoms with Crippen molar-refractivity contribution in [3.8, 4) is 5.75 Å². The predicted molar refractivity (Wildman–Crippen MR) is 97.9 cm³/mol. The van der Waals surface area contributed by atoms with E-state index in [1.54, 1.807) is 24.3 Å². The zero-order chi connectivity index (χ0) is 18.1. The highest BCUT2D eigenvalue weighted by molar-refractivity contribution is 6.53. The van der Waals surface area contributed by atoms with E-state index in [0.29, 0.717) is 11.4 Å². The Kier molecular flexibility index (Phi) is 4.51. The molecule has 0 aliphatic carbocycles. The van der Waals surface area contributed by atoms with Gasteiger partial charge in [0.1, 0.15) is 16.5 Å². The van der Waals surface area contributed by atoms with E-state index in [1.807, 2.05) is 32.0 Å². The number of nitrogens with one attached hydrogen (secondary N) is 1. The number of carbonyl (C=O) groups excluding carboxylic acids is 2. The van der Waals surface area contributed by atoms with Gasteiger partial charge in [0.15, 0.2) is 0 Å². The van der Waals surface area contributed by atoms with Gasteiger partial charge in [0, 0.05) is 11.8 Å². The lowest BCUT2D eigenvalue weighted by Gasteiger charge is -2.16. The number of carbonyl (C=O) groups is 2. The van der Waals surface area contributed by atoms with Gasteiger partial charge in [-0.15, -0.1) is 0 Å². The number of amides is 2. The van der Waals surface area contributed by atoms with Gasteiger partial charge >= 0.3 is 0 Å². The highest BCUT2D eigenvalue weighted by atomic mass is 35.5. The third-order valence-electron chi connectivity index (χ3n) is 3.99. The Balaban J connectivity index is 1.95. The first-order valence-corrected chi connectivity index (χ1v) is 8.07. The fraction of sp³-hybridized carbons (Fsp3) is 0.158. The van der Waals surface area contributed by atoms with Gasteiger partial charge in [-0.1, -0.05) is 29.8 Å². The molecule has 0 bridgehead atoms. The van der Waals surface area contributed by atoms with E-state index in [4.69, 9.17) is 16.3 Å². The zero-order valence-corrected chi connectivity index (χ0v) is 14.8. The second-order valence-corrected chi connectivity index (χ2v) is 6.16. The lowest BCUT2D eigenvalue weighted by molar-refractivity contribution is -0.120. The molecule has 128 valence electrons. The van der Waals surface area contributed by atoms with Crippen LogP contribution in [0.2, 0.25) is 0 Å². The maximum atomic E-state index is 12.8. The van der Waals surface area contributed by atoms with Crippen LogP contribution in [0.15, 0.2) is 53.2 Å². The Labute approximate surface area is 150 Å². The van der Waals surface area contributed by atoms with E-state index in [0.717, 1.165) is 21.7 Å². The van der Waals surface area contributed by atoms with Crippen LogP contribution in [0.4, 0.5) is 11.4 Å². The summed E-state index contributed by atoms with van der Waals surface area (Å²) in [6.45, 7) is 3.86. The molecule has 0 unspecified atom stereocenters. The van der Waals surface area contributed by atoms with Crippen LogP contribution < -0.4 is 15.0 Å². The number of halogens is 1. The minimum Gasteiger partial charge on any atom is -0.497 e. The van der Waals surface area contributed by atoms with Gasteiger partial charge in [-0.3, -0.25) is 9.59 Å². The van der Waals surface area contributed by atoms with Crippen LogP contribution in [0.5, 0.6) is 5.75 Å². The van der Waals surface area contributed by atoms with Gasteiger partial charge in [0.2, 0.25) is 0 Å². The van der Waals surface area contributed by atoms with Gasteiger partial charge in [0.05, 0.1) is 12.8 Å². The lowest BCUT2D eigenvalue weighted by Crippen LogP contribution is -2.32. The zero-order valence-electron chi connectivity index (χ0n) is 14.1. The molecule has 1 heterocycles. The maximum Gasteiger partial charge on any atom is 0.283 e. The van der Waals surface area contributed by atoms with E-state index < -0.39 is 11.8 Å². The number of imide groups is 1. The summed E-state index contributed by atoms with van der Waals surface area (Å²) in [6.07, 6.45) is 0. The summed E-state index contributed by atoms with van der Waals surface area (Å²) >= 11 is 6.16. The molecule has 5 nitrogen and oxygen atoms in total. The fourth-order valence-corrected chi connectivity index (χ4v) is 2.81. The molecular formula is C19H17ClN2O3. The van der Waals surface area contributed by atoms with Crippen molar-refractivity contribution in [3.05, 3.63) is 64.3 Å². The first kappa shape index (κ1) is 17.0. The van der Waals surface area contributed by atoms with Crippen molar-refractivity contribution in [2.75, 3.05) is 17.3 Å². The minimum absolute atomic E-state index is 0.0724. The Bertz CT molecular complexity index is 905. The predicted octanol–water partition coefficient (Wildman–Crippen LogP) is 3.75. The van der Waals surface area contributed by atoms with Crippen molar-refractivity contribution in [1.82, 2.24) is 0 Å². The summed E-state index contributed by atoms with van der Waals surface area (Å²) in [5.41, 5.74) is 3.20. The van der Waals surface area contributed by atoms with E-state index in [2.05, 4.69) is 5.32 Å². The monoisotopic (exact) mass is 356 g/mol. The molecule has 2 aromatic rings. The average Bonchev–Trinajstić information content (AvgIpc) is 2.81. The molecular weight excluding hydrogens is 340 g/mol. The molecule has 1 aliphatic rings. The van der Waals surface area contributed by atoms with Crippen molar-refractivity contribution >= 4 is 34.8 Å². The van der Waals surface area contributed by atoms with Gasteiger partial charge in [-0.2, -0.15) is 0 Å². The summed E-state index contributed by atoms with van der Waals surface area (Å²) in [7, 11) is 1.52. The van der Waals surface area contributed by atoms with Crippen molar-refractivity contribution < 1.29 is 14.3 Å². The molecule has 0 saturated carbocycles. The van der Waals surface area contributed by atoms with E-state index in [9.17, 15) is 9.59 Å². The molecule has 0 aromatic heterocycles. The summed E-state index contributed by atoms with van der Waals surface area (Å²) in [6, 6.07) is 12.5. The maximum absolute atomic E-state index is 12.8. The second kappa shape index (κ2) is 6.61. The number of aryl methyl sites for hydroxylation is 2. The molecule has 6 heteroatoms. The van der Waals surface area contributed by atoms with Crippen LogP contribution >= 0.6 is 11.6 Å². The van der Waals surface area contributed by atoms with Gasteiger partial charge in [0.25, 0.3) is 11.8 Å². The van der Waals surface area contributed by atoms with Gasteiger partial charge in [-0.25, -0.2) is 4.90 Å². The smallest absolute Gasteiger partial charge is 0.283 e. The molecule has 0 fully saturated rings. The SMILES string of the molecule is COc1cccc(N2C(=O)C(Cl)=C(Nc3cc(C)ccc3C)C2=O)c1. The standard InChI is InChI=1S/C19H17ClN2O3/c1-11-7-8-12(2)15(9-11)21-17-16(20)18(23)22(19(17)24)13-5-4-6-14(10-13)25-3/h4-10,21H,1-3H3. The van der Waals surface area contributed by atoms with Gasteiger partial charge in [-0.05, 0) is 43.2 Å². The van der Waals surface area contributed by atoms with Crippen LogP contribution in [-0.4, -0.2) is 18.9 Å². The topological polar surface area (TPSA) is 58.6 Å². The van der Waals surface area contributed by atoms with Crippen molar-refractivity contribution in [1.29, 1.82) is 0 Å². The normalized spacial score (nSPS) is 14.3.